The molecule has 0 aliphatic rings. The minimum absolute atomic E-state index is 0.414. The minimum Gasteiger partial charge on any atom is -0.305 e. The van der Waals surface area contributed by atoms with Crippen molar-refractivity contribution >= 4 is 12.5 Å². The second kappa shape index (κ2) is 3.14. The standard InChI is InChI=1S/C8H10N2O/c1-3-7-5-10(4-2)8(6-11)9-7/h4-6H,2-3H2,1H3. The highest BCUT2D eigenvalue weighted by atomic mass is 16.1. The lowest BCUT2D eigenvalue weighted by molar-refractivity contribution is 0.111. The average Bonchev–Trinajstić information content (AvgIpc) is 2.46. The minimum atomic E-state index is 0.414. The van der Waals surface area contributed by atoms with Gasteiger partial charge in [0.25, 0.3) is 0 Å². The molecular weight excluding hydrogens is 140 g/mol. The third kappa shape index (κ3) is 1.37. The van der Waals surface area contributed by atoms with Gasteiger partial charge in [0.2, 0.25) is 0 Å². The van der Waals surface area contributed by atoms with E-state index in [9.17, 15) is 4.79 Å². The molecule has 0 saturated carbocycles. The summed E-state index contributed by atoms with van der Waals surface area (Å²) < 4.78 is 1.62. The van der Waals surface area contributed by atoms with Crippen LogP contribution in [0.4, 0.5) is 0 Å². The summed E-state index contributed by atoms with van der Waals surface area (Å²) in [5, 5.41) is 0. The highest BCUT2D eigenvalue weighted by Crippen LogP contribution is 2.01. The molecule has 0 unspecified atom stereocenters. The Morgan fingerprint density at radius 3 is 2.91 bits per heavy atom. The van der Waals surface area contributed by atoms with Gasteiger partial charge < -0.3 is 4.57 Å². The zero-order valence-corrected chi connectivity index (χ0v) is 6.45. The van der Waals surface area contributed by atoms with E-state index in [0.717, 1.165) is 18.4 Å². The fourth-order valence-electron chi connectivity index (χ4n) is 0.864. The van der Waals surface area contributed by atoms with Crippen molar-refractivity contribution in [3.8, 4) is 0 Å². The maximum Gasteiger partial charge on any atom is 0.185 e. The summed E-state index contributed by atoms with van der Waals surface area (Å²) in [6.45, 7) is 5.54. The molecule has 0 amide bonds. The van der Waals surface area contributed by atoms with Crippen LogP contribution in [0.2, 0.25) is 0 Å². The lowest BCUT2D eigenvalue weighted by Gasteiger charge is -1.89. The van der Waals surface area contributed by atoms with Crippen LogP contribution in [0.15, 0.2) is 12.8 Å². The quantitative estimate of drug-likeness (QED) is 0.610. The predicted molar refractivity (Wildman–Crippen MR) is 43.4 cm³/mol. The lowest BCUT2D eigenvalue weighted by atomic mass is 10.4. The number of hydrogen-bond acceptors (Lipinski definition) is 2. The summed E-state index contributed by atoms with van der Waals surface area (Å²) in [4.78, 5) is 14.4. The van der Waals surface area contributed by atoms with Crippen LogP contribution in [0.5, 0.6) is 0 Å². The van der Waals surface area contributed by atoms with Crippen LogP contribution in [0, 0.1) is 0 Å². The predicted octanol–water partition coefficient (Wildman–Crippen LogP) is 1.36. The molecule has 0 radical (unpaired) electrons. The van der Waals surface area contributed by atoms with Crippen molar-refractivity contribution in [1.82, 2.24) is 9.55 Å². The van der Waals surface area contributed by atoms with Crippen LogP contribution in [0.25, 0.3) is 6.20 Å². The molecule has 58 valence electrons. The molecule has 0 bridgehead atoms. The maximum atomic E-state index is 10.4. The van der Waals surface area contributed by atoms with Crippen molar-refractivity contribution < 1.29 is 4.79 Å². The van der Waals surface area contributed by atoms with Crippen LogP contribution in [-0.2, 0) is 6.42 Å². The third-order valence-corrected chi connectivity index (χ3v) is 1.48. The molecule has 1 aromatic heterocycles. The number of aldehydes is 1. The van der Waals surface area contributed by atoms with Crippen molar-refractivity contribution in [2.24, 2.45) is 0 Å². The van der Waals surface area contributed by atoms with Gasteiger partial charge in [-0.1, -0.05) is 13.5 Å². The molecular formula is C8H10N2O. The molecule has 3 heteroatoms. The highest BCUT2D eigenvalue weighted by Gasteiger charge is 2.01. The smallest absolute Gasteiger partial charge is 0.185 e. The number of rotatable bonds is 3. The van der Waals surface area contributed by atoms with Gasteiger partial charge in [0.1, 0.15) is 0 Å². The Bertz CT molecular complexity index is 250. The number of imidazole rings is 1. The Labute approximate surface area is 65.4 Å². The molecule has 0 aliphatic heterocycles. The fraction of sp³-hybridized carbons (Fsp3) is 0.250. The van der Waals surface area contributed by atoms with E-state index < -0.39 is 0 Å². The van der Waals surface area contributed by atoms with Crippen molar-refractivity contribution in [2.75, 3.05) is 0 Å². The molecule has 3 nitrogen and oxygen atoms in total. The first-order valence-corrected chi connectivity index (χ1v) is 3.47. The first kappa shape index (κ1) is 7.72. The normalized spacial score (nSPS) is 9.55. The molecule has 0 aliphatic carbocycles. The summed E-state index contributed by atoms with van der Waals surface area (Å²) in [6.07, 6.45) is 4.93. The second-order valence-corrected chi connectivity index (χ2v) is 2.15. The monoisotopic (exact) mass is 150 g/mol. The molecule has 1 rings (SSSR count). The van der Waals surface area contributed by atoms with E-state index in [-0.39, 0.29) is 0 Å². The summed E-state index contributed by atoms with van der Waals surface area (Å²) in [6, 6.07) is 0. The Kier molecular flexibility index (Phi) is 2.21. The lowest BCUT2D eigenvalue weighted by Crippen LogP contribution is -1.91. The first-order valence-electron chi connectivity index (χ1n) is 3.47. The van der Waals surface area contributed by atoms with E-state index in [4.69, 9.17) is 0 Å². The number of carbonyl (C=O) groups excluding carboxylic acids is 1. The molecule has 0 atom stereocenters. The highest BCUT2D eigenvalue weighted by molar-refractivity contribution is 5.70. The van der Waals surface area contributed by atoms with Gasteiger partial charge >= 0.3 is 0 Å². The third-order valence-electron chi connectivity index (χ3n) is 1.48. The van der Waals surface area contributed by atoms with Gasteiger partial charge in [-0.15, -0.1) is 0 Å². The van der Waals surface area contributed by atoms with E-state index in [0.29, 0.717) is 5.82 Å². The van der Waals surface area contributed by atoms with Gasteiger partial charge in [-0.3, -0.25) is 4.79 Å². The number of hydrogen-bond donors (Lipinski definition) is 0. The number of carbonyl (C=O) groups is 1. The molecule has 1 heterocycles. The Balaban J connectivity index is 3.11. The summed E-state index contributed by atoms with van der Waals surface area (Å²) in [7, 11) is 0. The van der Waals surface area contributed by atoms with Gasteiger partial charge in [-0.05, 0) is 6.42 Å². The summed E-state index contributed by atoms with van der Waals surface area (Å²) in [5.74, 6) is 0.414. The van der Waals surface area contributed by atoms with E-state index in [2.05, 4.69) is 11.6 Å². The van der Waals surface area contributed by atoms with E-state index in [1.807, 2.05) is 6.92 Å². The van der Waals surface area contributed by atoms with Crippen molar-refractivity contribution in [1.29, 1.82) is 0 Å². The van der Waals surface area contributed by atoms with Crippen molar-refractivity contribution in [3.05, 3.63) is 24.3 Å². The van der Waals surface area contributed by atoms with Crippen molar-refractivity contribution in [3.63, 3.8) is 0 Å². The molecule has 11 heavy (non-hydrogen) atoms. The Morgan fingerprint density at radius 2 is 2.55 bits per heavy atom. The zero-order chi connectivity index (χ0) is 8.27. The molecule has 0 saturated heterocycles. The molecule has 0 N–H and O–H groups in total. The van der Waals surface area contributed by atoms with Gasteiger partial charge in [-0.25, -0.2) is 4.98 Å². The number of aryl methyl sites for hydroxylation is 1. The average molecular weight is 150 g/mol. The zero-order valence-electron chi connectivity index (χ0n) is 6.45. The van der Waals surface area contributed by atoms with Gasteiger partial charge in [0, 0.05) is 12.4 Å². The Hall–Kier alpha value is -1.38. The van der Waals surface area contributed by atoms with Crippen LogP contribution < -0.4 is 0 Å². The van der Waals surface area contributed by atoms with Crippen LogP contribution in [0.1, 0.15) is 23.2 Å². The Morgan fingerprint density at radius 1 is 1.82 bits per heavy atom. The van der Waals surface area contributed by atoms with E-state index >= 15 is 0 Å². The molecule has 0 spiro atoms. The van der Waals surface area contributed by atoms with Crippen LogP contribution in [-0.4, -0.2) is 15.8 Å². The fourth-order valence-corrected chi connectivity index (χ4v) is 0.864. The first-order chi connectivity index (χ1) is 5.31. The number of nitrogens with zero attached hydrogens (tertiary/aromatic N) is 2. The summed E-state index contributed by atoms with van der Waals surface area (Å²) >= 11 is 0. The molecule has 0 aromatic carbocycles. The summed E-state index contributed by atoms with van der Waals surface area (Å²) in [5.41, 5.74) is 0.909. The maximum absolute atomic E-state index is 10.4. The topological polar surface area (TPSA) is 34.9 Å². The molecule has 0 fully saturated rings. The largest absolute Gasteiger partial charge is 0.305 e. The van der Waals surface area contributed by atoms with E-state index in [1.165, 1.54) is 0 Å². The van der Waals surface area contributed by atoms with Crippen LogP contribution >= 0.6 is 0 Å². The van der Waals surface area contributed by atoms with Crippen LogP contribution in [0.3, 0.4) is 0 Å². The second-order valence-electron chi connectivity index (χ2n) is 2.15. The van der Waals surface area contributed by atoms with Gasteiger partial charge in [0.15, 0.2) is 12.1 Å². The van der Waals surface area contributed by atoms with Crippen molar-refractivity contribution in [2.45, 2.75) is 13.3 Å². The SMILES string of the molecule is C=Cn1cc(CC)nc1C=O. The molecule has 1 aromatic rings. The van der Waals surface area contributed by atoms with E-state index in [1.54, 1.807) is 17.0 Å². The van der Waals surface area contributed by atoms with Gasteiger partial charge in [0.05, 0.1) is 5.69 Å². The van der Waals surface area contributed by atoms with Gasteiger partial charge in [-0.2, -0.15) is 0 Å². The number of aromatic nitrogens is 2.